The lowest BCUT2D eigenvalue weighted by molar-refractivity contribution is -0.144. The molecule has 1 saturated carbocycles. The third kappa shape index (κ3) is 5.86. The van der Waals surface area contributed by atoms with E-state index in [1.54, 1.807) is 0 Å². The van der Waals surface area contributed by atoms with Crippen LogP contribution in [0.5, 0.6) is 0 Å². The van der Waals surface area contributed by atoms with Crippen molar-refractivity contribution in [2.45, 2.75) is 70.4 Å². The molecule has 2 atom stereocenters. The molecule has 2 saturated heterocycles. The summed E-state index contributed by atoms with van der Waals surface area (Å²) in [7, 11) is 0. The Morgan fingerprint density at radius 1 is 1.00 bits per heavy atom. The summed E-state index contributed by atoms with van der Waals surface area (Å²) < 4.78 is 6.45. The van der Waals surface area contributed by atoms with Crippen LogP contribution in [0.15, 0.2) is 30.3 Å². The molecule has 0 radical (unpaired) electrons. The van der Waals surface area contributed by atoms with Crippen molar-refractivity contribution in [3.05, 3.63) is 30.3 Å². The molecular formula is C25H38N4O4. The molecule has 8 nitrogen and oxygen atoms in total. The maximum absolute atomic E-state index is 13.0. The number of hydrogen-bond acceptors (Lipinski definition) is 6. The van der Waals surface area contributed by atoms with E-state index in [-0.39, 0.29) is 17.9 Å². The van der Waals surface area contributed by atoms with Crippen molar-refractivity contribution in [2.75, 3.05) is 37.6 Å². The van der Waals surface area contributed by atoms with Gasteiger partial charge in [-0.1, -0.05) is 44.4 Å². The van der Waals surface area contributed by atoms with Gasteiger partial charge in [-0.2, -0.15) is 0 Å². The highest BCUT2D eigenvalue weighted by Gasteiger charge is 2.41. The average Bonchev–Trinajstić information content (AvgIpc) is 2.86. The van der Waals surface area contributed by atoms with Crippen LogP contribution in [0, 0.1) is 5.92 Å². The predicted octanol–water partition coefficient (Wildman–Crippen LogP) is 2.77. The summed E-state index contributed by atoms with van der Waals surface area (Å²) in [5, 5.41) is 13.8. The number of nitrogens with zero attached hydrogens (tertiary/aromatic N) is 3. The van der Waals surface area contributed by atoms with E-state index in [0.717, 1.165) is 70.3 Å². The summed E-state index contributed by atoms with van der Waals surface area (Å²) in [5.41, 5.74) is 0.950. The molecule has 3 aliphatic rings. The first-order chi connectivity index (χ1) is 16.1. The number of piperidine rings is 1. The quantitative estimate of drug-likeness (QED) is 0.706. The highest BCUT2D eigenvalue weighted by atomic mass is 16.5. The molecule has 1 aromatic rings. The number of hydrogen-bond donors (Lipinski definition) is 2. The van der Waals surface area contributed by atoms with Crippen molar-refractivity contribution in [2.24, 2.45) is 5.92 Å². The van der Waals surface area contributed by atoms with Crippen LogP contribution in [0.4, 0.5) is 10.5 Å². The Kier molecular flexibility index (Phi) is 8.22. The number of carbonyl (C=O) groups is 2. The molecule has 2 N–H and O–H groups in total. The first kappa shape index (κ1) is 24.0. The van der Waals surface area contributed by atoms with Gasteiger partial charge in [0.05, 0.1) is 6.10 Å². The van der Waals surface area contributed by atoms with Gasteiger partial charge < -0.3 is 19.6 Å². The van der Waals surface area contributed by atoms with Gasteiger partial charge >= 0.3 is 6.03 Å². The topological polar surface area (TPSA) is 85.4 Å². The molecule has 3 fully saturated rings. The van der Waals surface area contributed by atoms with E-state index >= 15 is 0 Å². The van der Waals surface area contributed by atoms with Gasteiger partial charge in [0.1, 0.15) is 0 Å². The summed E-state index contributed by atoms with van der Waals surface area (Å²) in [6, 6.07) is 9.33. The summed E-state index contributed by atoms with van der Waals surface area (Å²) >= 11 is 0. The van der Waals surface area contributed by atoms with Crippen LogP contribution in [-0.2, 0) is 9.53 Å². The summed E-state index contributed by atoms with van der Waals surface area (Å²) in [5.74, 6) is -0.331. The second kappa shape index (κ2) is 11.3. The minimum atomic E-state index is -1.16. The summed E-state index contributed by atoms with van der Waals surface area (Å²) in [6.07, 6.45) is 4.81. The standard InChI is InChI=1S/C25H38N4O4/c1-2-27-15-13-21(14-16-27)33-24-23(31)29(18-17-28(24)20-11-7-4-8-12-20)25(32)26-22(30)19-9-5-3-6-10-19/h4,7-8,11-12,19,21,23-24,31H,2-3,5-6,9-10,13-18H2,1H3,(H,26,30,32). The van der Waals surface area contributed by atoms with Gasteiger partial charge in [-0.25, -0.2) is 4.79 Å². The van der Waals surface area contributed by atoms with E-state index in [1.165, 1.54) is 4.90 Å². The number of ether oxygens (including phenoxy) is 1. The Labute approximate surface area is 196 Å². The summed E-state index contributed by atoms with van der Waals surface area (Å²) in [4.78, 5) is 31.4. The Bertz CT molecular complexity index is 778. The molecule has 182 valence electrons. The normalized spacial score (nSPS) is 25.8. The lowest BCUT2D eigenvalue weighted by Crippen LogP contribution is -2.65. The molecule has 8 heteroatoms. The molecule has 2 unspecified atom stereocenters. The van der Waals surface area contributed by atoms with Crippen LogP contribution < -0.4 is 10.2 Å². The second-order valence-corrected chi connectivity index (χ2v) is 9.43. The molecule has 33 heavy (non-hydrogen) atoms. The number of para-hydroxylation sites is 1. The van der Waals surface area contributed by atoms with E-state index in [4.69, 9.17) is 4.74 Å². The Balaban J connectivity index is 1.44. The van der Waals surface area contributed by atoms with Crippen LogP contribution in [0.25, 0.3) is 0 Å². The van der Waals surface area contributed by atoms with Gasteiger partial charge in [-0.05, 0) is 44.4 Å². The molecule has 2 aliphatic heterocycles. The van der Waals surface area contributed by atoms with E-state index in [0.29, 0.717) is 13.1 Å². The number of imide groups is 1. The smallest absolute Gasteiger partial charge is 0.326 e. The van der Waals surface area contributed by atoms with Crippen molar-refractivity contribution in [3.8, 4) is 0 Å². The molecule has 0 bridgehead atoms. The Morgan fingerprint density at radius 2 is 1.70 bits per heavy atom. The Hall–Kier alpha value is -2.16. The number of carbonyl (C=O) groups excluding carboxylic acids is 2. The van der Waals surface area contributed by atoms with E-state index in [1.807, 2.05) is 35.2 Å². The minimum Gasteiger partial charge on any atom is -0.369 e. The molecule has 0 spiro atoms. The van der Waals surface area contributed by atoms with Crippen LogP contribution >= 0.6 is 0 Å². The lowest BCUT2D eigenvalue weighted by atomic mass is 9.89. The van der Waals surface area contributed by atoms with Gasteiger partial charge in [0.15, 0.2) is 12.5 Å². The molecule has 2 heterocycles. The molecule has 1 aliphatic carbocycles. The number of amides is 3. The van der Waals surface area contributed by atoms with Crippen LogP contribution in [-0.4, -0.2) is 78.1 Å². The number of nitrogens with one attached hydrogen (secondary N) is 1. The fourth-order valence-electron chi connectivity index (χ4n) is 5.25. The number of piperazine rings is 1. The lowest BCUT2D eigenvalue weighted by Gasteiger charge is -2.47. The minimum absolute atomic E-state index is 0.0190. The highest BCUT2D eigenvalue weighted by molar-refractivity contribution is 5.95. The van der Waals surface area contributed by atoms with Crippen molar-refractivity contribution < 1.29 is 19.4 Å². The van der Waals surface area contributed by atoms with Crippen LogP contribution in [0.2, 0.25) is 0 Å². The molecule has 4 rings (SSSR count). The van der Waals surface area contributed by atoms with E-state index < -0.39 is 18.5 Å². The SMILES string of the molecule is CCN1CCC(OC2C(O)N(C(=O)NC(=O)C3CCCCC3)CCN2c2ccccc2)CC1. The van der Waals surface area contributed by atoms with Crippen molar-refractivity contribution in [1.82, 2.24) is 15.1 Å². The molecule has 0 aromatic heterocycles. The van der Waals surface area contributed by atoms with Gasteiger partial charge in [0, 0.05) is 37.8 Å². The van der Waals surface area contributed by atoms with Crippen molar-refractivity contribution in [3.63, 3.8) is 0 Å². The average molecular weight is 459 g/mol. The number of benzene rings is 1. The molecule has 3 amide bonds. The number of anilines is 1. The fraction of sp³-hybridized carbons (Fsp3) is 0.680. The monoisotopic (exact) mass is 458 g/mol. The molecule has 1 aromatic carbocycles. The maximum Gasteiger partial charge on any atom is 0.326 e. The number of aliphatic hydroxyl groups is 1. The van der Waals surface area contributed by atoms with Crippen LogP contribution in [0.3, 0.4) is 0 Å². The first-order valence-corrected chi connectivity index (χ1v) is 12.6. The van der Waals surface area contributed by atoms with Gasteiger partial charge in [0.2, 0.25) is 5.91 Å². The first-order valence-electron chi connectivity index (χ1n) is 12.6. The van der Waals surface area contributed by atoms with E-state index in [9.17, 15) is 14.7 Å². The van der Waals surface area contributed by atoms with Crippen molar-refractivity contribution >= 4 is 17.6 Å². The van der Waals surface area contributed by atoms with Gasteiger partial charge in [-0.15, -0.1) is 0 Å². The zero-order valence-electron chi connectivity index (χ0n) is 19.7. The summed E-state index contributed by atoms with van der Waals surface area (Å²) in [6.45, 7) is 5.95. The van der Waals surface area contributed by atoms with Crippen molar-refractivity contribution in [1.29, 1.82) is 0 Å². The molecular weight excluding hydrogens is 420 g/mol. The third-order valence-electron chi connectivity index (χ3n) is 7.33. The number of likely N-dealkylation sites (tertiary alicyclic amines) is 1. The number of rotatable bonds is 5. The van der Waals surface area contributed by atoms with E-state index in [2.05, 4.69) is 17.1 Å². The second-order valence-electron chi connectivity index (χ2n) is 9.43. The van der Waals surface area contributed by atoms with Gasteiger partial charge in [-0.3, -0.25) is 15.0 Å². The Morgan fingerprint density at radius 3 is 2.36 bits per heavy atom. The fourth-order valence-corrected chi connectivity index (χ4v) is 5.25. The zero-order valence-corrected chi connectivity index (χ0v) is 19.7. The number of urea groups is 1. The van der Waals surface area contributed by atoms with Crippen LogP contribution in [0.1, 0.15) is 51.9 Å². The highest BCUT2D eigenvalue weighted by Crippen LogP contribution is 2.28. The number of aliphatic hydroxyl groups excluding tert-OH is 1. The predicted molar refractivity (Wildman–Crippen MR) is 127 cm³/mol. The third-order valence-corrected chi connectivity index (χ3v) is 7.33. The maximum atomic E-state index is 13.0. The van der Waals surface area contributed by atoms with Gasteiger partial charge in [0.25, 0.3) is 0 Å². The zero-order chi connectivity index (χ0) is 23.2. The largest absolute Gasteiger partial charge is 0.369 e.